The van der Waals surface area contributed by atoms with Gasteiger partial charge in [0.25, 0.3) is 0 Å². The van der Waals surface area contributed by atoms with E-state index < -0.39 is 4.33 Å². The quantitative estimate of drug-likeness (QED) is 0.727. The van der Waals surface area contributed by atoms with Crippen LogP contribution in [0.25, 0.3) is 0 Å². The van der Waals surface area contributed by atoms with Crippen molar-refractivity contribution >= 4 is 23.2 Å². The summed E-state index contributed by atoms with van der Waals surface area (Å²) >= 11 is 12.0. The Morgan fingerprint density at radius 1 is 1.27 bits per heavy atom. The SMILES string of the molecule is CC(C)Oc1ccc(C2CC2(Cl)Cl)cc1. The van der Waals surface area contributed by atoms with Crippen molar-refractivity contribution in [3.05, 3.63) is 29.8 Å². The fourth-order valence-electron chi connectivity index (χ4n) is 1.63. The summed E-state index contributed by atoms with van der Waals surface area (Å²) in [7, 11) is 0. The van der Waals surface area contributed by atoms with E-state index in [2.05, 4.69) is 0 Å². The first kappa shape index (κ1) is 11.1. The van der Waals surface area contributed by atoms with Gasteiger partial charge < -0.3 is 4.74 Å². The Kier molecular flexibility index (Phi) is 2.87. The second-order valence-corrected chi connectivity index (χ2v) is 5.80. The van der Waals surface area contributed by atoms with Crippen LogP contribution in [0.4, 0.5) is 0 Å². The van der Waals surface area contributed by atoms with Crippen LogP contribution < -0.4 is 4.74 Å². The third-order valence-electron chi connectivity index (χ3n) is 2.48. The summed E-state index contributed by atoms with van der Waals surface area (Å²) in [6.45, 7) is 4.02. The number of rotatable bonds is 3. The average Bonchev–Trinajstić information content (AvgIpc) is 2.75. The van der Waals surface area contributed by atoms with Gasteiger partial charge in [0.15, 0.2) is 0 Å². The lowest BCUT2D eigenvalue weighted by atomic mass is 10.1. The van der Waals surface area contributed by atoms with Crippen LogP contribution in [0, 0.1) is 0 Å². The van der Waals surface area contributed by atoms with Crippen molar-refractivity contribution in [1.29, 1.82) is 0 Å². The number of ether oxygens (including phenoxy) is 1. The highest BCUT2D eigenvalue weighted by atomic mass is 35.5. The molecule has 3 heteroatoms. The maximum Gasteiger partial charge on any atom is 0.125 e. The zero-order valence-electron chi connectivity index (χ0n) is 8.84. The molecule has 0 spiro atoms. The first-order chi connectivity index (χ1) is 6.99. The molecule has 1 fully saturated rings. The minimum Gasteiger partial charge on any atom is -0.491 e. The van der Waals surface area contributed by atoms with Crippen LogP contribution >= 0.6 is 23.2 Å². The van der Waals surface area contributed by atoms with Crippen molar-refractivity contribution < 1.29 is 4.74 Å². The summed E-state index contributed by atoms with van der Waals surface area (Å²) in [5, 5.41) is 0. The fourth-order valence-corrected chi connectivity index (χ4v) is 2.19. The zero-order valence-corrected chi connectivity index (χ0v) is 10.3. The van der Waals surface area contributed by atoms with Crippen LogP contribution in [0.3, 0.4) is 0 Å². The van der Waals surface area contributed by atoms with Crippen LogP contribution in [-0.2, 0) is 0 Å². The molecule has 1 aliphatic carbocycles. The van der Waals surface area contributed by atoms with Gasteiger partial charge in [-0.3, -0.25) is 0 Å². The van der Waals surface area contributed by atoms with Gasteiger partial charge in [0.1, 0.15) is 10.1 Å². The van der Waals surface area contributed by atoms with Gasteiger partial charge in [-0.25, -0.2) is 0 Å². The number of alkyl halides is 2. The molecule has 1 nitrogen and oxygen atoms in total. The predicted octanol–water partition coefficient (Wildman–Crippen LogP) is 4.14. The van der Waals surface area contributed by atoms with E-state index in [4.69, 9.17) is 27.9 Å². The molecule has 1 aromatic carbocycles. The van der Waals surface area contributed by atoms with E-state index in [1.807, 2.05) is 38.1 Å². The van der Waals surface area contributed by atoms with Crippen molar-refractivity contribution in [2.45, 2.75) is 36.6 Å². The van der Waals surface area contributed by atoms with Crippen LogP contribution in [0.5, 0.6) is 5.75 Å². The Balaban J connectivity index is 2.05. The molecule has 15 heavy (non-hydrogen) atoms. The smallest absolute Gasteiger partial charge is 0.125 e. The lowest BCUT2D eigenvalue weighted by Crippen LogP contribution is -2.05. The molecule has 0 N–H and O–H groups in total. The standard InChI is InChI=1S/C12H14Cl2O/c1-8(2)15-10-5-3-9(4-6-10)11-7-12(11,13)14/h3-6,8,11H,7H2,1-2H3. The lowest BCUT2D eigenvalue weighted by molar-refractivity contribution is 0.242. The minimum atomic E-state index is -0.541. The number of hydrogen-bond donors (Lipinski definition) is 0. The van der Waals surface area contributed by atoms with Crippen LogP contribution in [-0.4, -0.2) is 10.4 Å². The molecular formula is C12H14Cl2O. The first-order valence-corrected chi connectivity index (χ1v) is 5.89. The van der Waals surface area contributed by atoms with Crippen molar-refractivity contribution in [3.63, 3.8) is 0 Å². The monoisotopic (exact) mass is 244 g/mol. The summed E-state index contributed by atoms with van der Waals surface area (Å²) in [4.78, 5) is 0. The largest absolute Gasteiger partial charge is 0.491 e. The van der Waals surface area contributed by atoms with E-state index in [0.717, 1.165) is 12.2 Å². The van der Waals surface area contributed by atoms with Crippen LogP contribution in [0.2, 0.25) is 0 Å². The fraction of sp³-hybridized carbons (Fsp3) is 0.500. The highest BCUT2D eigenvalue weighted by molar-refractivity contribution is 6.51. The molecule has 0 radical (unpaired) electrons. The van der Waals surface area contributed by atoms with Gasteiger partial charge in [-0.05, 0) is 38.0 Å². The predicted molar refractivity (Wildman–Crippen MR) is 64.0 cm³/mol. The maximum atomic E-state index is 6.00. The number of benzene rings is 1. The average molecular weight is 245 g/mol. The second-order valence-electron chi connectivity index (χ2n) is 4.25. The Labute approximate surface area is 100 Å². The number of hydrogen-bond acceptors (Lipinski definition) is 1. The molecule has 0 heterocycles. The van der Waals surface area contributed by atoms with Gasteiger partial charge >= 0.3 is 0 Å². The van der Waals surface area contributed by atoms with Gasteiger partial charge in [0, 0.05) is 5.92 Å². The van der Waals surface area contributed by atoms with E-state index in [1.165, 1.54) is 5.56 Å². The van der Waals surface area contributed by atoms with E-state index in [9.17, 15) is 0 Å². The van der Waals surface area contributed by atoms with Gasteiger partial charge in [0.05, 0.1) is 6.10 Å². The molecule has 1 unspecified atom stereocenters. The Bertz CT molecular complexity index is 343. The molecule has 1 aliphatic rings. The Morgan fingerprint density at radius 3 is 2.20 bits per heavy atom. The van der Waals surface area contributed by atoms with Gasteiger partial charge in [-0.15, -0.1) is 23.2 Å². The molecule has 1 atom stereocenters. The van der Waals surface area contributed by atoms with Gasteiger partial charge in [-0.1, -0.05) is 12.1 Å². The van der Waals surface area contributed by atoms with Gasteiger partial charge in [-0.2, -0.15) is 0 Å². The van der Waals surface area contributed by atoms with Gasteiger partial charge in [0.2, 0.25) is 0 Å². The molecular weight excluding hydrogens is 231 g/mol. The molecule has 0 saturated heterocycles. The second kappa shape index (κ2) is 3.88. The van der Waals surface area contributed by atoms with E-state index in [-0.39, 0.29) is 12.0 Å². The highest BCUT2D eigenvalue weighted by Crippen LogP contribution is 2.59. The van der Waals surface area contributed by atoms with Crippen molar-refractivity contribution in [2.75, 3.05) is 0 Å². The Morgan fingerprint density at radius 2 is 1.80 bits per heavy atom. The summed E-state index contributed by atoms with van der Waals surface area (Å²) < 4.78 is 5.01. The normalized spacial score (nSPS) is 22.9. The van der Waals surface area contributed by atoms with Crippen molar-refractivity contribution in [2.24, 2.45) is 0 Å². The number of halogens is 2. The first-order valence-electron chi connectivity index (χ1n) is 5.13. The molecule has 0 aromatic heterocycles. The highest BCUT2D eigenvalue weighted by Gasteiger charge is 2.52. The van der Waals surface area contributed by atoms with E-state index >= 15 is 0 Å². The molecule has 1 aromatic rings. The third-order valence-corrected chi connectivity index (χ3v) is 3.32. The Hall–Kier alpha value is -0.400. The summed E-state index contributed by atoms with van der Waals surface area (Å²) in [6, 6.07) is 8.01. The van der Waals surface area contributed by atoms with Crippen LogP contribution in [0.1, 0.15) is 31.7 Å². The molecule has 0 aliphatic heterocycles. The summed E-state index contributed by atoms with van der Waals surface area (Å²) in [5.74, 6) is 1.18. The van der Waals surface area contributed by atoms with Crippen molar-refractivity contribution in [1.82, 2.24) is 0 Å². The summed E-state index contributed by atoms with van der Waals surface area (Å²) in [6.07, 6.45) is 1.05. The minimum absolute atomic E-state index is 0.205. The maximum absolute atomic E-state index is 6.00. The third kappa shape index (κ3) is 2.59. The van der Waals surface area contributed by atoms with Crippen molar-refractivity contribution in [3.8, 4) is 5.75 Å². The van der Waals surface area contributed by atoms with E-state index in [0.29, 0.717) is 0 Å². The zero-order chi connectivity index (χ0) is 11.1. The molecule has 2 rings (SSSR count). The molecule has 0 amide bonds. The molecule has 0 bridgehead atoms. The topological polar surface area (TPSA) is 9.23 Å². The van der Waals surface area contributed by atoms with E-state index in [1.54, 1.807) is 0 Å². The van der Waals surface area contributed by atoms with Crippen LogP contribution in [0.15, 0.2) is 24.3 Å². The molecule has 82 valence electrons. The summed E-state index contributed by atoms with van der Waals surface area (Å²) in [5.41, 5.74) is 1.19. The lowest BCUT2D eigenvalue weighted by Gasteiger charge is -2.10. The molecule has 1 saturated carbocycles.